The van der Waals surface area contributed by atoms with E-state index in [1.54, 1.807) is 0 Å². The Morgan fingerprint density at radius 2 is 2.21 bits per heavy atom. The Balaban J connectivity index is 2.16. The number of nitrogens with zero attached hydrogens (tertiary/aromatic N) is 1. The second-order valence-electron chi connectivity index (χ2n) is 4.32. The molecule has 4 heteroatoms. The van der Waals surface area contributed by atoms with Gasteiger partial charge in [-0.2, -0.15) is 5.10 Å². The number of H-pyrrole nitrogens is 1. The maximum Gasteiger partial charge on any atom is 0.0823 e. The zero-order valence-electron chi connectivity index (χ0n) is 8.45. The molecule has 1 aromatic rings. The Bertz CT molecular complexity index is 313. The van der Waals surface area contributed by atoms with Gasteiger partial charge in [0.15, 0.2) is 0 Å². The first kappa shape index (κ1) is 9.68. The van der Waals surface area contributed by atoms with Crippen molar-refractivity contribution in [1.82, 2.24) is 10.2 Å². The van der Waals surface area contributed by atoms with Crippen molar-refractivity contribution in [3.05, 3.63) is 17.5 Å². The number of aromatic nitrogens is 2. The van der Waals surface area contributed by atoms with Crippen LogP contribution in [-0.2, 0) is 5.54 Å². The van der Waals surface area contributed by atoms with E-state index in [1.807, 2.05) is 13.0 Å². The SMILES string of the molecule is Cc1cc(C2(N)CCC(O)CC2)n[nH]1. The lowest BCUT2D eigenvalue weighted by Gasteiger charge is -2.33. The number of nitrogens with one attached hydrogen (secondary N) is 1. The van der Waals surface area contributed by atoms with Gasteiger partial charge in [0.05, 0.1) is 17.3 Å². The van der Waals surface area contributed by atoms with Crippen molar-refractivity contribution in [1.29, 1.82) is 0 Å². The second-order valence-corrected chi connectivity index (χ2v) is 4.32. The first-order chi connectivity index (χ1) is 6.60. The average Bonchev–Trinajstić information content (AvgIpc) is 2.58. The maximum absolute atomic E-state index is 9.41. The third-order valence-electron chi connectivity index (χ3n) is 3.06. The van der Waals surface area contributed by atoms with Crippen molar-refractivity contribution < 1.29 is 5.11 Å². The lowest BCUT2D eigenvalue weighted by atomic mass is 9.79. The standard InChI is InChI=1S/C10H17N3O/c1-7-6-9(13-12-7)10(11)4-2-8(14)3-5-10/h6,8,14H,2-5,11H2,1H3,(H,12,13). The quantitative estimate of drug-likeness (QED) is 0.620. The van der Waals surface area contributed by atoms with Crippen LogP contribution in [0.4, 0.5) is 0 Å². The molecule has 0 aliphatic heterocycles. The summed E-state index contributed by atoms with van der Waals surface area (Å²) in [5.41, 5.74) is 7.90. The van der Waals surface area contributed by atoms with Gasteiger partial charge in [-0.25, -0.2) is 0 Å². The van der Waals surface area contributed by atoms with Crippen molar-refractivity contribution in [3.8, 4) is 0 Å². The van der Waals surface area contributed by atoms with Crippen LogP contribution in [0.1, 0.15) is 37.1 Å². The van der Waals surface area contributed by atoms with E-state index in [2.05, 4.69) is 10.2 Å². The number of aliphatic hydroxyl groups is 1. The number of nitrogens with two attached hydrogens (primary N) is 1. The molecule has 0 spiro atoms. The van der Waals surface area contributed by atoms with E-state index >= 15 is 0 Å². The molecule has 0 radical (unpaired) electrons. The molecule has 1 saturated carbocycles. The highest BCUT2D eigenvalue weighted by molar-refractivity contribution is 5.17. The summed E-state index contributed by atoms with van der Waals surface area (Å²) in [4.78, 5) is 0. The fourth-order valence-electron chi connectivity index (χ4n) is 2.05. The smallest absolute Gasteiger partial charge is 0.0823 e. The molecule has 0 aromatic carbocycles. The number of aryl methyl sites for hydroxylation is 1. The molecule has 78 valence electrons. The van der Waals surface area contributed by atoms with E-state index < -0.39 is 0 Å². The minimum Gasteiger partial charge on any atom is -0.393 e. The van der Waals surface area contributed by atoms with Crippen molar-refractivity contribution in [2.45, 2.75) is 44.2 Å². The highest BCUT2D eigenvalue weighted by atomic mass is 16.3. The average molecular weight is 195 g/mol. The van der Waals surface area contributed by atoms with Gasteiger partial charge in [-0.1, -0.05) is 0 Å². The van der Waals surface area contributed by atoms with Crippen LogP contribution in [0.15, 0.2) is 6.07 Å². The van der Waals surface area contributed by atoms with Gasteiger partial charge in [-0.05, 0) is 38.7 Å². The van der Waals surface area contributed by atoms with Gasteiger partial charge < -0.3 is 10.8 Å². The van der Waals surface area contributed by atoms with Gasteiger partial charge in [-0.3, -0.25) is 5.10 Å². The van der Waals surface area contributed by atoms with Crippen LogP contribution in [0.5, 0.6) is 0 Å². The molecule has 0 saturated heterocycles. The fraction of sp³-hybridized carbons (Fsp3) is 0.700. The van der Waals surface area contributed by atoms with Gasteiger partial charge in [0.1, 0.15) is 0 Å². The van der Waals surface area contributed by atoms with E-state index in [4.69, 9.17) is 5.73 Å². The van der Waals surface area contributed by atoms with Gasteiger partial charge >= 0.3 is 0 Å². The number of hydrogen-bond donors (Lipinski definition) is 3. The minimum atomic E-state index is -0.329. The van der Waals surface area contributed by atoms with Crippen LogP contribution in [0.3, 0.4) is 0 Å². The van der Waals surface area contributed by atoms with E-state index in [1.165, 1.54) is 0 Å². The summed E-state index contributed by atoms with van der Waals surface area (Å²) in [5.74, 6) is 0. The molecular weight excluding hydrogens is 178 g/mol. The molecule has 1 aromatic heterocycles. The van der Waals surface area contributed by atoms with Crippen LogP contribution in [0.2, 0.25) is 0 Å². The van der Waals surface area contributed by atoms with Crippen molar-refractivity contribution in [2.24, 2.45) is 5.73 Å². The monoisotopic (exact) mass is 195 g/mol. The van der Waals surface area contributed by atoms with Gasteiger partial charge in [0, 0.05) is 5.69 Å². The third kappa shape index (κ3) is 1.67. The van der Waals surface area contributed by atoms with E-state index in [-0.39, 0.29) is 11.6 Å². The first-order valence-electron chi connectivity index (χ1n) is 5.10. The van der Waals surface area contributed by atoms with Crippen LogP contribution < -0.4 is 5.73 Å². The van der Waals surface area contributed by atoms with Gasteiger partial charge in [-0.15, -0.1) is 0 Å². The zero-order chi connectivity index (χ0) is 10.2. The van der Waals surface area contributed by atoms with Gasteiger partial charge in [0.2, 0.25) is 0 Å². The van der Waals surface area contributed by atoms with Crippen molar-refractivity contribution in [3.63, 3.8) is 0 Å². The largest absolute Gasteiger partial charge is 0.393 e. The molecule has 4 nitrogen and oxygen atoms in total. The van der Waals surface area contributed by atoms with E-state index in [0.29, 0.717) is 0 Å². The molecule has 0 unspecified atom stereocenters. The number of aliphatic hydroxyl groups excluding tert-OH is 1. The topological polar surface area (TPSA) is 74.9 Å². The second kappa shape index (κ2) is 3.37. The molecule has 4 N–H and O–H groups in total. The Morgan fingerprint density at radius 3 is 2.71 bits per heavy atom. The minimum absolute atomic E-state index is 0.174. The number of hydrogen-bond acceptors (Lipinski definition) is 3. The van der Waals surface area contributed by atoms with Crippen LogP contribution in [0.25, 0.3) is 0 Å². The van der Waals surface area contributed by atoms with Crippen LogP contribution in [-0.4, -0.2) is 21.4 Å². The molecule has 0 atom stereocenters. The molecule has 2 rings (SSSR count). The molecule has 0 bridgehead atoms. The Labute approximate surface area is 83.5 Å². The summed E-state index contributed by atoms with van der Waals surface area (Å²) in [5, 5.41) is 16.5. The molecule has 0 amide bonds. The number of rotatable bonds is 1. The molecule has 1 fully saturated rings. The molecule has 14 heavy (non-hydrogen) atoms. The predicted octanol–water partition coefficient (Wildman–Crippen LogP) is 0.807. The number of aromatic amines is 1. The molecule has 1 aliphatic rings. The lowest BCUT2D eigenvalue weighted by Crippen LogP contribution is -2.41. The zero-order valence-corrected chi connectivity index (χ0v) is 8.45. The highest BCUT2D eigenvalue weighted by Crippen LogP contribution is 2.33. The van der Waals surface area contributed by atoms with Crippen LogP contribution in [0, 0.1) is 6.92 Å². The summed E-state index contributed by atoms with van der Waals surface area (Å²) in [6.07, 6.45) is 3.02. The lowest BCUT2D eigenvalue weighted by molar-refractivity contribution is 0.0956. The Hall–Kier alpha value is -0.870. The summed E-state index contributed by atoms with van der Waals surface area (Å²) in [6, 6.07) is 2.00. The predicted molar refractivity (Wildman–Crippen MR) is 53.7 cm³/mol. The Kier molecular flexibility index (Phi) is 2.33. The first-order valence-corrected chi connectivity index (χ1v) is 5.10. The van der Waals surface area contributed by atoms with E-state index in [9.17, 15) is 5.11 Å². The van der Waals surface area contributed by atoms with Crippen LogP contribution >= 0.6 is 0 Å². The fourth-order valence-corrected chi connectivity index (χ4v) is 2.05. The highest BCUT2D eigenvalue weighted by Gasteiger charge is 2.34. The summed E-state index contributed by atoms with van der Waals surface area (Å²) >= 11 is 0. The third-order valence-corrected chi connectivity index (χ3v) is 3.06. The summed E-state index contributed by atoms with van der Waals surface area (Å²) < 4.78 is 0. The normalized spacial score (nSPS) is 33.2. The Morgan fingerprint density at radius 1 is 1.57 bits per heavy atom. The maximum atomic E-state index is 9.41. The molecule has 1 heterocycles. The van der Waals surface area contributed by atoms with E-state index in [0.717, 1.165) is 37.1 Å². The molecular formula is C10H17N3O. The summed E-state index contributed by atoms with van der Waals surface area (Å²) in [6.45, 7) is 1.97. The molecule has 1 aliphatic carbocycles. The van der Waals surface area contributed by atoms with Gasteiger partial charge in [0.25, 0.3) is 0 Å². The van der Waals surface area contributed by atoms with Crippen molar-refractivity contribution in [2.75, 3.05) is 0 Å². The summed E-state index contributed by atoms with van der Waals surface area (Å²) in [7, 11) is 0. The van der Waals surface area contributed by atoms with Crippen molar-refractivity contribution >= 4 is 0 Å².